The van der Waals surface area contributed by atoms with E-state index in [-0.39, 0.29) is 6.09 Å². The van der Waals surface area contributed by atoms with Crippen molar-refractivity contribution in [1.82, 2.24) is 9.88 Å². The number of hydrogen-bond acceptors (Lipinski definition) is 3. The molecule has 0 aromatic carbocycles. The molecule has 0 unspecified atom stereocenters. The van der Waals surface area contributed by atoms with Gasteiger partial charge in [0.25, 0.3) is 0 Å². The Kier molecular flexibility index (Phi) is 3.60. The molecule has 2 fully saturated rings. The Bertz CT molecular complexity index is 538. The molecule has 3 rings (SSSR count). The molecule has 114 valence electrons. The lowest BCUT2D eigenvalue weighted by Crippen LogP contribution is -2.42. The van der Waals surface area contributed by atoms with Gasteiger partial charge in [0.05, 0.1) is 0 Å². The first-order valence-corrected chi connectivity index (χ1v) is 7.82. The Labute approximate surface area is 130 Å². The largest absolute Gasteiger partial charge is 0.444 e. The van der Waals surface area contributed by atoms with Crippen molar-refractivity contribution in [2.24, 2.45) is 5.92 Å². The topological polar surface area (TPSA) is 42.4 Å². The van der Waals surface area contributed by atoms with Crippen molar-refractivity contribution in [1.29, 1.82) is 0 Å². The Balaban J connectivity index is 1.66. The number of halogens is 1. The molecule has 1 saturated heterocycles. The fraction of sp³-hybridized carbons (Fsp3) is 0.625. The van der Waals surface area contributed by atoms with Crippen molar-refractivity contribution >= 4 is 17.7 Å². The average molecular weight is 309 g/mol. The van der Waals surface area contributed by atoms with E-state index in [1.165, 1.54) is 5.56 Å². The summed E-state index contributed by atoms with van der Waals surface area (Å²) in [7, 11) is 0. The molecular formula is C16H21ClN2O2. The number of aromatic nitrogens is 1. The van der Waals surface area contributed by atoms with Gasteiger partial charge < -0.3 is 9.64 Å². The van der Waals surface area contributed by atoms with Crippen molar-refractivity contribution in [3.05, 3.63) is 29.0 Å². The average Bonchev–Trinajstić information content (AvgIpc) is 2.97. The number of rotatable bonds is 1. The minimum atomic E-state index is -0.432. The second-order valence-electron chi connectivity index (χ2n) is 7.04. The highest BCUT2D eigenvalue weighted by Crippen LogP contribution is 2.47. The van der Waals surface area contributed by atoms with E-state index >= 15 is 0 Å². The molecule has 0 N–H and O–H groups in total. The molecule has 5 heteroatoms. The third kappa shape index (κ3) is 3.00. The first-order valence-electron chi connectivity index (χ1n) is 7.44. The number of pyridine rings is 1. The molecule has 1 aliphatic heterocycles. The number of ether oxygens (including phenoxy) is 1. The third-order valence-electron chi connectivity index (χ3n) is 4.35. The maximum atomic E-state index is 12.2. The monoisotopic (exact) mass is 308 g/mol. The number of carbonyl (C=O) groups excluding carboxylic acids is 1. The predicted molar refractivity (Wildman–Crippen MR) is 81.4 cm³/mol. The van der Waals surface area contributed by atoms with Crippen LogP contribution in [0.3, 0.4) is 0 Å². The molecule has 3 atom stereocenters. The van der Waals surface area contributed by atoms with E-state index in [0.29, 0.717) is 23.0 Å². The van der Waals surface area contributed by atoms with E-state index in [0.717, 1.165) is 19.4 Å². The minimum Gasteiger partial charge on any atom is -0.444 e. The normalized spacial score (nSPS) is 28.0. The lowest BCUT2D eigenvalue weighted by molar-refractivity contribution is 0.0181. The fourth-order valence-corrected chi connectivity index (χ4v) is 3.62. The summed E-state index contributed by atoms with van der Waals surface area (Å²) in [6.45, 7) is 6.50. The van der Waals surface area contributed by atoms with Gasteiger partial charge in [-0.15, -0.1) is 0 Å². The summed E-state index contributed by atoms with van der Waals surface area (Å²) in [6.07, 6.45) is 3.74. The van der Waals surface area contributed by atoms with Crippen LogP contribution in [-0.4, -0.2) is 34.2 Å². The van der Waals surface area contributed by atoms with Gasteiger partial charge in [0.15, 0.2) is 0 Å². The van der Waals surface area contributed by atoms with Gasteiger partial charge in [0.2, 0.25) is 0 Å². The molecule has 1 aromatic heterocycles. The number of piperidine rings is 1. The standard InChI is InChI=1S/C16H21ClN2O2/c1-16(2,3)21-15(20)19-9-11-6-12(19)7-13(11)10-4-5-14(17)18-8-10/h4-5,8,11-13H,6-7,9H2,1-3H3/t11-,12-,13-/m1/s1. The summed E-state index contributed by atoms with van der Waals surface area (Å²) in [5.41, 5.74) is 0.800. The smallest absolute Gasteiger partial charge is 0.410 e. The number of fused-ring (bicyclic) bond motifs is 2. The molecule has 2 heterocycles. The van der Waals surface area contributed by atoms with Gasteiger partial charge in [0.1, 0.15) is 10.8 Å². The lowest BCUT2D eigenvalue weighted by Gasteiger charge is -2.33. The maximum absolute atomic E-state index is 12.2. The van der Waals surface area contributed by atoms with Gasteiger partial charge in [-0.1, -0.05) is 17.7 Å². The van der Waals surface area contributed by atoms with Crippen LogP contribution in [0.5, 0.6) is 0 Å². The van der Waals surface area contributed by atoms with Crippen LogP contribution >= 0.6 is 11.6 Å². The van der Waals surface area contributed by atoms with Crippen LogP contribution in [0.25, 0.3) is 0 Å². The third-order valence-corrected chi connectivity index (χ3v) is 4.57. The van der Waals surface area contributed by atoms with E-state index in [1.54, 1.807) is 0 Å². The van der Waals surface area contributed by atoms with Crippen LogP contribution in [0, 0.1) is 5.92 Å². The van der Waals surface area contributed by atoms with Crippen molar-refractivity contribution < 1.29 is 9.53 Å². The zero-order valence-electron chi connectivity index (χ0n) is 12.7. The minimum absolute atomic E-state index is 0.178. The summed E-state index contributed by atoms with van der Waals surface area (Å²) < 4.78 is 5.49. The Morgan fingerprint density at radius 1 is 1.38 bits per heavy atom. The van der Waals surface area contributed by atoms with Crippen LogP contribution < -0.4 is 0 Å². The van der Waals surface area contributed by atoms with Gasteiger partial charge in [0, 0.05) is 18.8 Å². The summed E-state index contributed by atoms with van der Waals surface area (Å²) in [6, 6.07) is 4.19. The lowest BCUT2D eigenvalue weighted by atomic mass is 9.88. The van der Waals surface area contributed by atoms with Crippen LogP contribution in [0.2, 0.25) is 5.15 Å². The molecule has 2 bridgehead atoms. The van der Waals surface area contributed by atoms with Gasteiger partial charge >= 0.3 is 6.09 Å². The van der Waals surface area contributed by atoms with Crippen LogP contribution in [-0.2, 0) is 4.74 Å². The second-order valence-corrected chi connectivity index (χ2v) is 7.43. The highest BCUT2D eigenvalue weighted by molar-refractivity contribution is 6.29. The second kappa shape index (κ2) is 5.16. The Morgan fingerprint density at radius 2 is 2.14 bits per heavy atom. The molecule has 1 aliphatic carbocycles. The molecule has 0 radical (unpaired) electrons. The molecule has 21 heavy (non-hydrogen) atoms. The van der Waals surface area contributed by atoms with Crippen molar-refractivity contribution in [3.8, 4) is 0 Å². The molecule has 4 nitrogen and oxygen atoms in total. The zero-order chi connectivity index (χ0) is 15.2. The van der Waals surface area contributed by atoms with Gasteiger partial charge in [-0.2, -0.15) is 0 Å². The highest BCUT2D eigenvalue weighted by atomic mass is 35.5. The van der Waals surface area contributed by atoms with E-state index in [2.05, 4.69) is 11.1 Å². The maximum Gasteiger partial charge on any atom is 0.410 e. The summed E-state index contributed by atoms with van der Waals surface area (Å²) >= 11 is 5.84. The van der Waals surface area contributed by atoms with Crippen LogP contribution in [0.15, 0.2) is 18.3 Å². The van der Waals surface area contributed by atoms with Crippen molar-refractivity contribution in [2.75, 3.05) is 6.54 Å². The summed E-state index contributed by atoms with van der Waals surface area (Å²) in [5.74, 6) is 0.990. The molecule has 1 saturated carbocycles. The van der Waals surface area contributed by atoms with E-state index in [4.69, 9.17) is 16.3 Å². The van der Waals surface area contributed by atoms with Gasteiger partial charge in [-0.05, 0) is 57.1 Å². The molecule has 0 spiro atoms. The van der Waals surface area contributed by atoms with Crippen molar-refractivity contribution in [3.63, 3.8) is 0 Å². The first-order chi connectivity index (χ1) is 9.83. The quantitative estimate of drug-likeness (QED) is 0.740. The van der Waals surface area contributed by atoms with Gasteiger partial charge in [-0.3, -0.25) is 0 Å². The predicted octanol–water partition coefficient (Wildman–Crippen LogP) is 3.85. The van der Waals surface area contributed by atoms with E-state index in [9.17, 15) is 4.79 Å². The Hall–Kier alpha value is -1.29. The first kappa shape index (κ1) is 14.6. The molecule has 1 amide bonds. The van der Waals surface area contributed by atoms with Crippen molar-refractivity contribution in [2.45, 2.75) is 51.2 Å². The number of carbonyl (C=O) groups is 1. The van der Waals surface area contributed by atoms with Crippen LogP contribution in [0.1, 0.15) is 45.1 Å². The Morgan fingerprint density at radius 3 is 2.67 bits per heavy atom. The van der Waals surface area contributed by atoms with Crippen LogP contribution in [0.4, 0.5) is 4.79 Å². The SMILES string of the molecule is CC(C)(C)OC(=O)N1C[C@H]2C[C@@H]1C[C@@H]2c1ccc(Cl)nc1. The van der Waals surface area contributed by atoms with Gasteiger partial charge in [-0.25, -0.2) is 9.78 Å². The molecular weight excluding hydrogens is 288 g/mol. The summed E-state index contributed by atoms with van der Waals surface area (Å²) in [5, 5.41) is 0.525. The van der Waals surface area contributed by atoms with E-state index < -0.39 is 5.60 Å². The number of hydrogen-bond donors (Lipinski definition) is 0. The molecule has 1 aromatic rings. The fourth-order valence-electron chi connectivity index (χ4n) is 3.51. The summed E-state index contributed by atoms with van der Waals surface area (Å²) in [4.78, 5) is 18.3. The highest BCUT2D eigenvalue weighted by Gasteiger charge is 2.47. The van der Waals surface area contributed by atoms with E-state index in [1.807, 2.05) is 37.9 Å². The number of nitrogens with zero attached hydrogens (tertiary/aromatic N) is 2. The number of likely N-dealkylation sites (tertiary alicyclic amines) is 1. The number of amides is 1. The molecule has 2 aliphatic rings. The zero-order valence-corrected chi connectivity index (χ0v) is 13.4.